The molecule has 2 saturated carbocycles. The molecule has 10 heteroatoms. The number of rotatable bonds is 15. The smallest absolute Gasteiger partial charge is 0.306 e. The second-order valence-electron chi connectivity index (χ2n) is 14.0. The second kappa shape index (κ2) is 14.0. The average molecular weight is 747 g/mol. The van der Waals surface area contributed by atoms with E-state index >= 15 is 0 Å². The largest absolute Gasteiger partial charge is 0.458 e. The van der Waals surface area contributed by atoms with Gasteiger partial charge in [-0.05, 0) is 43.8 Å². The summed E-state index contributed by atoms with van der Waals surface area (Å²) in [5.41, 5.74) is -4.76. The van der Waals surface area contributed by atoms with Crippen molar-refractivity contribution in [3.8, 4) is 0 Å². The maximum absolute atomic E-state index is 13.4. The summed E-state index contributed by atoms with van der Waals surface area (Å²) in [6.45, 7) is 6.94. The van der Waals surface area contributed by atoms with Gasteiger partial charge in [-0.2, -0.15) is 0 Å². The summed E-state index contributed by atoms with van der Waals surface area (Å²) in [7, 11) is 0. The number of ketones is 1. The van der Waals surface area contributed by atoms with Crippen molar-refractivity contribution in [2.75, 3.05) is 17.3 Å². The quantitative estimate of drug-likeness (QED) is 0.0840. The zero-order chi connectivity index (χ0) is 32.5. The van der Waals surface area contributed by atoms with Crippen molar-refractivity contribution in [3.05, 3.63) is 23.3 Å². The van der Waals surface area contributed by atoms with Gasteiger partial charge in [0.05, 0.1) is 12.2 Å². The van der Waals surface area contributed by atoms with Crippen molar-refractivity contribution in [3.63, 3.8) is 0 Å². The molecule has 0 unspecified atom stereocenters. The molecule has 4 rings (SSSR count). The molecule has 3 N–H and O–H groups in total. The Morgan fingerprint density at radius 2 is 1.50 bits per heavy atom. The topological polar surface area (TPSA) is 130 Å². The molecule has 0 saturated heterocycles. The third-order valence-corrected chi connectivity index (χ3v) is 12.1. The fourth-order valence-corrected chi connectivity index (χ4v) is 9.49. The third-order valence-electron chi connectivity index (χ3n) is 11.0. The molecule has 44 heavy (non-hydrogen) atoms. The van der Waals surface area contributed by atoms with Gasteiger partial charge in [0, 0.05) is 59.0 Å². The predicted octanol–water partition coefficient (Wildman–Crippen LogP) is 5.72. The van der Waals surface area contributed by atoms with E-state index < -0.39 is 63.7 Å². The van der Waals surface area contributed by atoms with Crippen LogP contribution in [0.1, 0.15) is 98.3 Å². The zero-order valence-electron chi connectivity index (χ0n) is 26.6. The molecule has 0 radical (unpaired) electrons. The Balaban J connectivity index is 1.72. The molecule has 4 aliphatic carbocycles. The summed E-state index contributed by atoms with van der Waals surface area (Å²) in [5.74, 6) is -4.20. The van der Waals surface area contributed by atoms with Crippen LogP contribution in [0.3, 0.4) is 0 Å². The first kappa shape index (κ1) is 35.8. The molecule has 8 nitrogen and oxygen atoms in total. The number of fused-ring (bicyclic) bond motifs is 5. The molecule has 0 bridgehead atoms. The molecule has 0 aromatic carbocycles. The van der Waals surface area contributed by atoms with Gasteiger partial charge in [0.1, 0.15) is 11.7 Å². The molecule has 0 spiro atoms. The van der Waals surface area contributed by atoms with E-state index in [9.17, 15) is 29.7 Å². The molecule has 2 fully saturated rings. The molecule has 4 aliphatic rings. The van der Waals surface area contributed by atoms with E-state index in [0.717, 1.165) is 49.2 Å². The normalized spacial score (nSPS) is 36.8. The van der Waals surface area contributed by atoms with Crippen LogP contribution < -0.4 is 0 Å². The number of ether oxygens (including phenoxy) is 2. The lowest BCUT2D eigenvalue weighted by Crippen LogP contribution is -2.66. The van der Waals surface area contributed by atoms with Gasteiger partial charge in [-0.1, -0.05) is 90.5 Å². The van der Waals surface area contributed by atoms with E-state index in [4.69, 9.17) is 9.47 Å². The maximum Gasteiger partial charge on any atom is 0.306 e. The van der Waals surface area contributed by atoms with Crippen molar-refractivity contribution in [1.29, 1.82) is 0 Å². The summed E-state index contributed by atoms with van der Waals surface area (Å²) >= 11 is 6.87. The van der Waals surface area contributed by atoms with Gasteiger partial charge in [-0.3, -0.25) is 14.4 Å². The van der Waals surface area contributed by atoms with E-state index in [2.05, 4.69) is 31.9 Å². The second-order valence-corrected chi connectivity index (χ2v) is 15.6. The number of aliphatic hydroxyl groups excluding tert-OH is 1. The number of hydrogen-bond donors (Lipinski definition) is 3. The zero-order valence-corrected chi connectivity index (χ0v) is 29.8. The summed E-state index contributed by atoms with van der Waals surface area (Å²) in [6, 6.07) is 0. The minimum absolute atomic E-state index is 0.112. The van der Waals surface area contributed by atoms with Gasteiger partial charge in [0.15, 0.2) is 11.4 Å². The van der Waals surface area contributed by atoms with Crippen LogP contribution in [0.5, 0.6) is 0 Å². The highest BCUT2D eigenvalue weighted by Crippen LogP contribution is 2.77. The minimum Gasteiger partial charge on any atom is -0.458 e. The highest BCUT2D eigenvalue weighted by molar-refractivity contribution is 9.09. The number of aliphatic hydroxyl groups is 3. The Hall–Kier alpha value is -1.07. The van der Waals surface area contributed by atoms with Crippen LogP contribution in [0.15, 0.2) is 23.3 Å². The number of carbonyl (C=O) groups is 3. The molecular formula is C34H50Br2O8. The lowest BCUT2D eigenvalue weighted by atomic mass is 9.59. The molecule has 8 atom stereocenters. The first-order valence-electron chi connectivity index (χ1n) is 16.3. The van der Waals surface area contributed by atoms with E-state index in [1.165, 1.54) is 0 Å². The Kier molecular flexibility index (Phi) is 11.4. The summed E-state index contributed by atoms with van der Waals surface area (Å²) in [4.78, 5) is 40.2. The Labute approximate surface area is 278 Å². The Morgan fingerprint density at radius 1 is 0.932 bits per heavy atom. The van der Waals surface area contributed by atoms with E-state index in [0.29, 0.717) is 24.0 Å². The summed E-state index contributed by atoms with van der Waals surface area (Å²) in [6.07, 6.45) is 9.94. The molecule has 248 valence electrons. The minimum atomic E-state index is -1.94. The molecule has 0 aromatic heterocycles. The molecule has 0 aliphatic heterocycles. The lowest BCUT2D eigenvalue weighted by Gasteiger charge is -2.53. The number of unbranched alkanes of at least 4 members (excludes halogenated alkanes) is 6. The monoisotopic (exact) mass is 744 g/mol. The fraction of sp³-hybridized carbons (Fsp3) is 0.794. The molecule has 0 heterocycles. The number of carbonyl (C=O) groups excluding carboxylic acids is 3. The number of esters is 2. The van der Waals surface area contributed by atoms with Crippen LogP contribution in [-0.4, -0.2) is 73.2 Å². The third kappa shape index (κ3) is 6.04. The molecule has 0 aromatic rings. The van der Waals surface area contributed by atoms with Gasteiger partial charge in [0.25, 0.3) is 0 Å². The number of Topliss-reactive ketones (excluding diaryl/α,β-unsaturated/α-hetero) is 1. The number of hydrogen-bond acceptors (Lipinski definition) is 8. The highest BCUT2D eigenvalue weighted by atomic mass is 79.9. The van der Waals surface area contributed by atoms with Crippen LogP contribution in [-0.2, 0) is 23.9 Å². The maximum atomic E-state index is 13.4. The van der Waals surface area contributed by atoms with Crippen LogP contribution >= 0.6 is 31.9 Å². The van der Waals surface area contributed by atoms with Crippen LogP contribution in [0.2, 0.25) is 0 Å². The van der Waals surface area contributed by atoms with Gasteiger partial charge in [0.2, 0.25) is 0 Å². The highest BCUT2D eigenvalue weighted by Gasteiger charge is 2.87. The SMILES string of the molecule is CC1=C[C@H]2[C@@]3(O)[C@H](C)[C@@H](OC(=O)CCCCCCBr)[C@]4(OC(=O)CCCCCCBr)[C@H]([C@@H]3C=C(CO)C[C@]2(O)C1=O)C4(C)C. The van der Waals surface area contributed by atoms with Crippen LogP contribution in [0.4, 0.5) is 0 Å². The van der Waals surface area contributed by atoms with Gasteiger partial charge < -0.3 is 24.8 Å². The van der Waals surface area contributed by atoms with Gasteiger partial charge in [-0.15, -0.1) is 0 Å². The summed E-state index contributed by atoms with van der Waals surface area (Å²) < 4.78 is 12.7. The Bertz CT molecular complexity index is 1170. The predicted molar refractivity (Wildman–Crippen MR) is 174 cm³/mol. The first-order valence-corrected chi connectivity index (χ1v) is 18.5. The van der Waals surface area contributed by atoms with Crippen LogP contribution in [0, 0.1) is 29.1 Å². The standard InChI is InChI=1S/C34H50Br2O8/c1-21-17-25-32(41,29(21)40)19-23(20-37)18-24-28-31(3,4)34(28,44-27(39)14-10-6-8-12-16-36)30(22(2)33(24,25)42)43-26(38)13-9-5-7-11-15-35/h17-18,22,24-25,28,30,37,41-42H,5-16,19-20H2,1-4H3/t22-,24+,25-,28-,30-,32-,33-,34-/m1/s1. The summed E-state index contributed by atoms with van der Waals surface area (Å²) in [5, 5.41) is 36.9. The van der Waals surface area contributed by atoms with Crippen molar-refractivity contribution in [1.82, 2.24) is 0 Å². The van der Waals surface area contributed by atoms with E-state index in [1.54, 1.807) is 26.0 Å². The van der Waals surface area contributed by atoms with Crippen molar-refractivity contribution >= 4 is 49.6 Å². The fourth-order valence-electron chi connectivity index (χ4n) is 8.70. The van der Waals surface area contributed by atoms with E-state index in [1.807, 2.05) is 13.8 Å². The Morgan fingerprint density at radius 3 is 2.07 bits per heavy atom. The molecule has 0 amide bonds. The van der Waals surface area contributed by atoms with Gasteiger partial charge >= 0.3 is 11.9 Å². The van der Waals surface area contributed by atoms with Crippen molar-refractivity contribution in [2.24, 2.45) is 29.1 Å². The van der Waals surface area contributed by atoms with Gasteiger partial charge in [-0.25, -0.2) is 0 Å². The van der Waals surface area contributed by atoms with Crippen molar-refractivity contribution in [2.45, 2.75) is 121 Å². The van der Waals surface area contributed by atoms with E-state index in [-0.39, 0.29) is 31.8 Å². The molecular weight excluding hydrogens is 696 g/mol. The first-order chi connectivity index (χ1) is 20.8. The number of halogens is 2. The average Bonchev–Trinajstić information content (AvgIpc) is 3.40. The van der Waals surface area contributed by atoms with Crippen LogP contribution in [0.25, 0.3) is 0 Å². The number of alkyl halides is 2. The van der Waals surface area contributed by atoms with Crippen molar-refractivity contribution < 1.29 is 39.2 Å². The lowest BCUT2D eigenvalue weighted by molar-refractivity contribution is -0.229.